The molecule has 0 amide bonds. The number of esters is 1. The number of ether oxygens (including phenoxy) is 1. The molecule has 1 fully saturated rings. The van der Waals surface area contributed by atoms with Crippen LogP contribution in [0.4, 0.5) is 0 Å². The number of carbonyl (C=O) groups is 1. The number of aryl methyl sites for hydroxylation is 1. The third-order valence-electron chi connectivity index (χ3n) is 6.04. The molecule has 1 aliphatic heterocycles. The quantitative estimate of drug-likeness (QED) is 0.206. The third-order valence-corrected chi connectivity index (χ3v) is 8.16. The molecule has 2 aromatic rings. The van der Waals surface area contributed by atoms with Gasteiger partial charge in [-0.25, -0.2) is 4.18 Å². The van der Waals surface area contributed by atoms with Crippen LogP contribution in [0.15, 0.2) is 60.7 Å². The maximum atomic E-state index is 13.3. The van der Waals surface area contributed by atoms with Crippen molar-refractivity contribution in [2.24, 2.45) is 0 Å². The lowest BCUT2D eigenvalue weighted by Crippen LogP contribution is -2.55. The van der Waals surface area contributed by atoms with Crippen LogP contribution >= 0.6 is 0 Å². The minimum atomic E-state index is -4.77. The number of rotatable bonds is 14. The molecule has 2 N–H and O–H groups in total. The van der Waals surface area contributed by atoms with Crippen LogP contribution in [-0.4, -0.2) is 63.5 Å². The number of benzene rings is 2. The fourth-order valence-corrected chi connectivity index (χ4v) is 6.19. The van der Waals surface area contributed by atoms with Gasteiger partial charge in [0.15, 0.2) is 0 Å². The van der Waals surface area contributed by atoms with E-state index in [0.29, 0.717) is 25.7 Å². The summed E-state index contributed by atoms with van der Waals surface area (Å²) >= 11 is 0. The van der Waals surface area contributed by atoms with Gasteiger partial charge in [-0.3, -0.25) is 9.35 Å². The molecule has 1 unspecified atom stereocenters. The van der Waals surface area contributed by atoms with Crippen LogP contribution in [0.2, 0.25) is 0 Å². The van der Waals surface area contributed by atoms with E-state index in [1.54, 1.807) is 30.3 Å². The predicted molar refractivity (Wildman–Crippen MR) is 138 cm³/mol. The van der Waals surface area contributed by atoms with Gasteiger partial charge in [-0.1, -0.05) is 60.7 Å². The van der Waals surface area contributed by atoms with Crippen molar-refractivity contribution >= 4 is 26.6 Å². The van der Waals surface area contributed by atoms with Crippen LogP contribution < -0.4 is 4.72 Å². The molecule has 0 aliphatic carbocycles. The van der Waals surface area contributed by atoms with Crippen molar-refractivity contribution in [2.75, 3.05) is 19.8 Å². The molecule has 0 saturated carbocycles. The second-order valence-corrected chi connectivity index (χ2v) is 11.7. The maximum absolute atomic E-state index is 13.3. The average molecular weight is 555 g/mol. The Morgan fingerprint density at radius 3 is 2.27 bits per heavy atom. The zero-order valence-corrected chi connectivity index (χ0v) is 22.2. The zero-order valence-electron chi connectivity index (χ0n) is 20.6. The van der Waals surface area contributed by atoms with Crippen LogP contribution in [0.1, 0.15) is 43.2 Å². The average Bonchev–Trinajstić information content (AvgIpc) is 2.87. The van der Waals surface area contributed by atoms with Crippen molar-refractivity contribution in [2.45, 2.75) is 57.0 Å². The molecule has 2 atom stereocenters. The largest absolute Gasteiger partial charge is 0.464 e. The van der Waals surface area contributed by atoms with E-state index >= 15 is 0 Å². The summed E-state index contributed by atoms with van der Waals surface area (Å²) in [5.41, 5.74) is 1.94. The molecular weight excluding hydrogens is 520 g/mol. The molecule has 3 rings (SSSR count). The highest BCUT2D eigenvalue weighted by atomic mass is 32.3. The van der Waals surface area contributed by atoms with E-state index in [2.05, 4.69) is 8.91 Å². The normalized spacial score (nSPS) is 17.8. The number of nitrogens with one attached hydrogen (secondary N) is 1. The van der Waals surface area contributed by atoms with Gasteiger partial charge >= 0.3 is 16.4 Å². The molecule has 37 heavy (non-hydrogen) atoms. The summed E-state index contributed by atoms with van der Waals surface area (Å²) in [5.74, 6) is -0.599. The summed E-state index contributed by atoms with van der Waals surface area (Å²) < 4.78 is 71.2. The van der Waals surface area contributed by atoms with Crippen LogP contribution in [0.3, 0.4) is 0 Å². The molecule has 204 valence electrons. The van der Waals surface area contributed by atoms with E-state index in [9.17, 15) is 21.6 Å². The van der Waals surface area contributed by atoms with Crippen LogP contribution in [0, 0.1) is 0 Å². The Kier molecular flexibility index (Phi) is 11.0. The number of unbranched alkanes of at least 4 members (excludes halogenated alkanes) is 1. The SMILES string of the molecule is O=C(OCCCCc1ccccc1)[C@@H]1CCCCN1S(=O)(=O)NC(COS(=O)(=O)O)Cc1ccccc1. The molecule has 0 spiro atoms. The van der Waals surface area contributed by atoms with Crippen molar-refractivity contribution in [3.8, 4) is 0 Å². The Morgan fingerprint density at radius 2 is 1.62 bits per heavy atom. The second kappa shape index (κ2) is 14.0. The molecule has 2 aromatic carbocycles. The number of nitrogens with zero attached hydrogens (tertiary/aromatic N) is 1. The van der Waals surface area contributed by atoms with Gasteiger partial charge in [0.05, 0.1) is 19.3 Å². The Morgan fingerprint density at radius 1 is 0.973 bits per heavy atom. The smallest absolute Gasteiger partial charge is 0.397 e. The van der Waals surface area contributed by atoms with Gasteiger partial charge in [0, 0.05) is 6.54 Å². The lowest BCUT2D eigenvalue weighted by molar-refractivity contribution is -0.149. The summed E-state index contributed by atoms with van der Waals surface area (Å²) in [6.07, 6.45) is 4.05. The standard InChI is InChI=1S/C25H34N2O8S2/c28-25(34-18-10-8-13-21-11-3-1-4-12-21)24-16-7-9-17-27(24)36(29,30)26-23(20-35-37(31,32)33)19-22-14-5-2-6-15-22/h1-6,11-12,14-15,23-24,26H,7-10,13,16-20H2,(H,31,32,33)/t23?,24-/m0/s1. The monoisotopic (exact) mass is 554 g/mol. The Labute approximate surface area is 219 Å². The van der Waals surface area contributed by atoms with Gasteiger partial charge in [0.2, 0.25) is 0 Å². The first-order valence-corrected chi connectivity index (χ1v) is 15.1. The fourth-order valence-electron chi connectivity index (χ4n) is 4.25. The zero-order chi connectivity index (χ0) is 26.7. The number of hydrogen-bond donors (Lipinski definition) is 2. The van der Waals surface area contributed by atoms with Crippen molar-refractivity contribution in [1.82, 2.24) is 9.03 Å². The van der Waals surface area contributed by atoms with Gasteiger partial charge in [-0.2, -0.15) is 25.9 Å². The first-order chi connectivity index (χ1) is 17.6. The number of carbonyl (C=O) groups excluding carboxylic acids is 1. The summed E-state index contributed by atoms with van der Waals surface area (Å²) in [6.45, 7) is -0.292. The molecule has 12 heteroatoms. The van der Waals surface area contributed by atoms with E-state index in [-0.39, 0.29) is 19.6 Å². The van der Waals surface area contributed by atoms with Gasteiger partial charge in [0.1, 0.15) is 6.04 Å². The minimum Gasteiger partial charge on any atom is -0.464 e. The lowest BCUT2D eigenvalue weighted by atomic mass is 10.1. The predicted octanol–water partition coefficient (Wildman–Crippen LogP) is 2.67. The lowest BCUT2D eigenvalue weighted by Gasteiger charge is -2.34. The van der Waals surface area contributed by atoms with Crippen molar-refractivity contribution < 1.29 is 35.1 Å². The number of piperidine rings is 1. The number of hydrogen-bond acceptors (Lipinski definition) is 7. The summed E-state index contributed by atoms with van der Waals surface area (Å²) in [5, 5.41) is 0. The van der Waals surface area contributed by atoms with E-state index < -0.39 is 45.3 Å². The molecule has 0 aromatic heterocycles. The first-order valence-electron chi connectivity index (χ1n) is 12.3. The topological polar surface area (TPSA) is 139 Å². The van der Waals surface area contributed by atoms with Crippen molar-refractivity contribution in [1.29, 1.82) is 0 Å². The van der Waals surface area contributed by atoms with Crippen molar-refractivity contribution in [3.63, 3.8) is 0 Å². The van der Waals surface area contributed by atoms with Gasteiger partial charge in [0.25, 0.3) is 10.2 Å². The van der Waals surface area contributed by atoms with E-state index in [1.807, 2.05) is 30.3 Å². The highest BCUT2D eigenvalue weighted by Gasteiger charge is 2.39. The van der Waals surface area contributed by atoms with Gasteiger partial charge in [-0.15, -0.1) is 0 Å². The van der Waals surface area contributed by atoms with E-state index in [1.165, 1.54) is 5.56 Å². The Hall–Kier alpha value is -2.35. The third kappa shape index (κ3) is 10.1. The van der Waals surface area contributed by atoms with Crippen LogP contribution in [0.25, 0.3) is 0 Å². The second-order valence-electron chi connectivity index (χ2n) is 8.95. The first kappa shape index (κ1) is 29.2. The van der Waals surface area contributed by atoms with E-state index in [4.69, 9.17) is 9.29 Å². The maximum Gasteiger partial charge on any atom is 0.397 e. The molecule has 1 saturated heterocycles. The fraction of sp³-hybridized carbons (Fsp3) is 0.480. The molecule has 10 nitrogen and oxygen atoms in total. The van der Waals surface area contributed by atoms with Gasteiger partial charge < -0.3 is 4.74 Å². The Bertz CT molecular complexity index is 1190. The Balaban J connectivity index is 1.60. The molecule has 0 radical (unpaired) electrons. The van der Waals surface area contributed by atoms with Crippen LogP contribution in [0.5, 0.6) is 0 Å². The summed E-state index contributed by atoms with van der Waals surface area (Å²) in [7, 11) is -8.98. The van der Waals surface area contributed by atoms with Crippen molar-refractivity contribution in [3.05, 3.63) is 71.8 Å². The minimum absolute atomic E-state index is 0.111. The molecule has 1 aliphatic rings. The summed E-state index contributed by atoms with van der Waals surface area (Å²) in [4.78, 5) is 12.8. The van der Waals surface area contributed by atoms with E-state index in [0.717, 1.165) is 22.7 Å². The molecule has 1 heterocycles. The molecular formula is C25H34N2O8S2. The molecule has 0 bridgehead atoms. The van der Waals surface area contributed by atoms with Gasteiger partial charge in [-0.05, 0) is 56.1 Å². The highest BCUT2D eigenvalue weighted by molar-refractivity contribution is 7.87. The summed E-state index contributed by atoms with van der Waals surface area (Å²) in [6, 6.07) is 16.8. The van der Waals surface area contributed by atoms with Crippen LogP contribution in [-0.2, 0) is 47.2 Å². The highest BCUT2D eigenvalue weighted by Crippen LogP contribution is 2.22.